The Morgan fingerprint density at radius 2 is 2.00 bits per heavy atom. The third-order valence-electron chi connectivity index (χ3n) is 1.62. The predicted molar refractivity (Wildman–Crippen MR) is 65.6 cm³/mol. The van der Waals surface area contributed by atoms with Crippen LogP contribution < -0.4 is 10.9 Å². The van der Waals surface area contributed by atoms with Crippen molar-refractivity contribution in [2.24, 2.45) is 0 Å². The normalized spacial score (nSPS) is 16.9. The molecule has 0 fully saturated rings. The second-order valence-corrected chi connectivity index (χ2v) is 4.39. The minimum absolute atomic E-state index is 0.307. The molecule has 0 heterocycles. The summed E-state index contributed by atoms with van der Waals surface area (Å²) < 4.78 is -0.307. The maximum atomic E-state index is 10.9. The zero-order chi connectivity index (χ0) is 12.0. The van der Waals surface area contributed by atoms with E-state index in [1.54, 1.807) is 0 Å². The van der Waals surface area contributed by atoms with E-state index in [2.05, 4.69) is 23.5 Å². The Labute approximate surface area is 106 Å². The minimum Gasteiger partial charge on any atom is -0.394 e. The van der Waals surface area contributed by atoms with Crippen LogP contribution >= 0.6 is 35.2 Å². The van der Waals surface area contributed by atoms with Gasteiger partial charge in [-0.2, -0.15) is 0 Å². The van der Waals surface area contributed by atoms with E-state index in [-0.39, 0.29) is 3.79 Å². The van der Waals surface area contributed by atoms with Gasteiger partial charge >= 0.3 is 0 Å². The van der Waals surface area contributed by atoms with E-state index < -0.39 is 29.9 Å². The fraction of sp³-hybridized carbons (Fsp3) is 0.714. The number of carbonyl (C=O) groups excluding carboxylic acids is 2. The van der Waals surface area contributed by atoms with Crippen molar-refractivity contribution in [3.8, 4) is 0 Å². The van der Waals surface area contributed by atoms with E-state index in [4.69, 9.17) is 5.11 Å². The number of hydrogen-bond acceptors (Lipinski definition) is 6. The number of thiol groups is 1. The molecule has 0 aromatic carbocycles. The van der Waals surface area contributed by atoms with Crippen LogP contribution in [0.4, 0.5) is 0 Å². The quantitative estimate of drug-likeness (QED) is 0.168. The summed E-state index contributed by atoms with van der Waals surface area (Å²) in [5.74, 6) is 0. The zero-order valence-corrected chi connectivity index (χ0v) is 11.0. The van der Waals surface area contributed by atoms with Gasteiger partial charge in [0.25, 0.3) is 0 Å². The molecule has 0 aliphatic heterocycles. The van der Waals surface area contributed by atoms with Gasteiger partial charge in [0.15, 0.2) is 0 Å². The average Bonchev–Trinajstić information content (AvgIpc) is 2.10. The number of hydrogen-bond donors (Lipinski definition) is 5. The first-order chi connectivity index (χ1) is 6.90. The van der Waals surface area contributed by atoms with Crippen molar-refractivity contribution < 1.29 is 19.8 Å². The molecule has 0 aromatic heterocycles. The second kappa shape index (κ2) is 7.52. The lowest BCUT2D eigenvalue weighted by Crippen LogP contribution is -2.55. The smallest absolute Gasteiger partial charge is 0.212 e. The first-order valence-corrected chi connectivity index (χ1v) is 5.64. The number of nitrogens with one attached hydrogen (secondary N) is 2. The fourth-order valence-electron chi connectivity index (χ4n) is 0.753. The Bertz CT molecular complexity index is 239. The van der Waals surface area contributed by atoms with Crippen molar-refractivity contribution in [3.63, 3.8) is 0 Å². The highest BCUT2D eigenvalue weighted by Gasteiger charge is 2.22. The van der Waals surface area contributed by atoms with E-state index in [0.717, 1.165) is 0 Å². The maximum absolute atomic E-state index is 10.9. The van der Waals surface area contributed by atoms with Crippen molar-refractivity contribution in [1.82, 2.24) is 10.9 Å². The predicted octanol–water partition coefficient (Wildman–Crippen LogP) is -1.39. The summed E-state index contributed by atoms with van der Waals surface area (Å²) >= 11 is 5.08. The molecule has 0 saturated carbocycles. The summed E-state index contributed by atoms with van der Waals surface area (Å²) in [6, 6.07) is -1.75. The molecule has 0 aliphatic rings. The maximum Gasteiger partial charge on any atom is 0.212 e. The molecule has 0 spiro atoms. The molecule has 0 amide bonds. The number of hydrazine groups is 1. The topological polar surface area (TPSA) is 98.7 Å². The first-order valence-electron chi connectivity index (χ1n) is 4.12. The van der Waals surface area contributed by atoms with Crippen molar-refractivity contribution in [3.05, 3.63) is 0 Å². The molecule has 0 saturated heterocycles. The monoisotopic (exact) mass is 348 g/mol. The van der Waals surface area contributed by atoms with Crippen LogP contribution in [0.2, 0.25) is 0 Å². The largest absolute Gasteiger partial charge is 0.394 e. The number of halogens is 1. The second-order valence-electron chi connectivity index (χ2n) is 2.88. The van der Waals surface area contributed by atoms with Gasteiger partial charge < -0.3 is 10.2 Å². The molecule has 0 bridgehead atoms. The standard InChI is InChI=1S/C7H13IN2O4S/c1-3(12)5(7(14)15)10-9-4(2-11)6(8)13/h3-5,9-12H,2H2,1H3,(H,14,15)/t3-,4+,5+/m1/s1. The van der Waals surface area contributed by atoms with Gasteiger partial charge in [-0.15, -0.1) is 12.6 Å². The van der Waals surface area contributed by atoms with E-state index in [1.165, 1.54) is 29.5 Å². The van der Waals surface area contributed by atoms with Crippen LogP contribution in [0.15, 0.2) is 0 Å². The molecule has 88 valence electrons. The zero-order valence-electron chi connectivity index (χ0n) is 7.98. The molecular weight excluding hydrogens is 335 g/mol. The van der Waals surface area contributed by atoms with E-state index in [9.17, 15) is 14.7 Å². The lowest BCUT2D eigenvalue weighted by molar-refractivity contribution is -0.117. The Hall–Kier alpha value is 0.260. The highest BCUT2D eigenvalue weighted by molar-refractivity contribution is 14.1. The number of carbonyl (C=O) groups is 2. The highest BCUT2D eigenvalue weighted by Crippen LogP contribution is 1.98. The van der Waals surface area contributed by atoms with Crippen LogP contribution in [0.25, 0.3) is 0 Å². The lowest BCUT2D eigenvalue weighted by Gasteiger charge is -2.21. The van der Waals surface area contributed by atoms with Gasteiger partial charge in [0.05, 0.1) is 12.7 Å². The van der Waals surface area contributed by atoms with Gasteiger partial charge in [0, 0.05) is 22.6 Å². The van der Waals surface area contributed by atoms with Crippen molar-refractivity contribution in [2.75, 3.05) is 6.61 Å². The molecule has 4 N–H and O–H groups in total. The van der Waals surface area contributed by atoms with Crippen molar-refractivity contribution >= 4 is 44.1 Å². The van der Waals surface area contributed by atoms with Crippen LogP contribution in [0.3, 0.4) is 0 Å². The molecule has 0 rings (SSSR count). The van der Waals surface area contributed by atoms with Crippen LogP contribution in [0.5, 0.6) is 0 Å². The number of aliphatic hydroxyl groups excluding tert-OH is 2. The first kappa shape index (κ1) is 15.3. The summed E-state index contributed by atoms with van der Waals surface area (Å²) in [7, 11) is 0. The molecule has 15 heavy (non-hydrogen) atoms. The van der Waals surface area contributed by atoms with Gasteiger partial charge in [-0.1, -0.05) is 0 Å². The van der Waals surface area contributed by atoms with Gasteiger partial charge in [-0.05, 0) is 6.92 Å². The van der Waals surface area contributed by atoms with Crippen molar-refractivity contribution in [1.29, 1.82) is 0 Å². The van der Waals surface area contributed by atoms with E-state index in [0.29, 0.717) is 0 Å². The van der Waals surface area contributed by atoms with Crippen LogP contribution in [0, 0.1) is 0 Å². The molecule has 6 nitrogen and oxygen atoms in total. The van der Waals surface area contributed by atoms with Gasteiger partial charge in [-0.25, -0.2) is 10.9 Å². The molecular formula is C7H13IN2O4S. The molecule has 3 atom stereocenters. The Balaban J connectivity index is 4.20. The molecule has 0 unspecified atom stereocenters. The van der Waals surface area contributed by atoms with Crippen molar-refractivity contribution in [2.45, 2.75) is 25.1 Å². The summed E-state index contributed by atoms with van der Waals surface area (Å²) in [4.78, 5) is 21.8. The summed E-state index contributed by atoms with van der Waals surface area (Å²) in [5, 5.41) is 17.4. The van der Waals surface area contributed by atoms with Gasteiger partial charge in [-0.3, -0.25) is 9.59 Å². The van der Waals surface area contributed by atoms with Gasteiger partial charge in [0.2, 0.25) is 8.91 Å². The molecule has 8 heteroatoms. The number of aliphatic hydroxyl groups is 2. The van der Waals surface area contributed by atoms with Crippen LogP contribution in [0.1, 0.15) is 6.92 Å². The Morgan fingerprint density at radius 3 is 2.27 bits per heavy atom. The average molecular weight is 348 g/mol. The third kappa shape index (κ3) is 5.78. The summed E-state index contributed by atoms with van der Waals surface area (Å²) in [5.41, 5.74) is 4.88. The van der Waals surface area contributed by atoms with Crippen LogP contribution in [-0.2, 0) is 9.59 Å². The number of rotatable bonds is 7. The summed E-state index contributed by atoms with van der Waals surface area (Å²) in [6.07, 6.45) is -0.953. The Morgan fingerprint density at radius 1 is 1.47 bits per heavy atom. The SMILES string of the molecule is C[C@@H](O)[C@H](NN[C@@H](CO)C(=O)I)C(=O)S. The summed E-state index contributed by atoms with van der Waals surface area (Å²) in [6.45, 7) is 1.01. The Kier molecular flexibility index (Phi) is 7.65. The highest BCUT2D eigenvalue weighted by atomic mass is 127. The lowest BCUT2D eigenvalue weighted by atomic mass is 10.2. The molecule has 0 aliphatic carbocycles. The fourth-order valence-corrected chi connectivity index (χ4v) is 1.39. The molecule has 0 radical (unpaired) electrons. The van der Waals surface area contributed by atoms with Crippen LogP contribution in [-0.4, -0.2) is 43.9 Å². The molecule has 0 aromatic rings. The minimum atomic E-state index is -0.953. The van der Waals surface area contributed by atoms with Gasteiger partial charge in [0.1, 0.15) is 12.1 Å². The third-order valence-corrected chi connectivity index (χ3v) is 2.65. The van der Waals surface area contributed by atoms with E-state index >= 15 is 0 Å². The van der Waals surface area contributed by atoms with E-state index in [1.807, 2.05) is 0 Å².